The van der Waals surface area contributed by atoms with Crippen molar-refractivity contribution in [1.82, 2.24) is 4.98 Å². The summed E-state index contributed by atoms with van der Waals surface area (Å²) in [6.45, 7) is 0. The van der Waals surface area contributed by atoms with Crippen LogP contribution in [0.5, 0.6) is 0 Å². The lowest BCUT2D eigenvalue weighted by molar-refractivity contribution is -0.138. The van der Waals surface area contributed by atoms with E-state index in [1.54, 1.807) is 0 Å². The number of rotatable bonds is 4. The Balaban J connectivity index is 2.35. The fourth-order valence-electron chi connectivity index (χ4n) is 1.67. The summed E-state index contributed by atoms with van der Waals surface area (Å²) in [7, 11) is -4.23. The summed E-state index contributed by atoms with van der Waals surface area (Å²) in [5, 5.41) is 8.73. The molecule has 0 amide bonds. The maximum atomic E-state index is 12.8. The molecule has 1 aromatic carbocycles. The van der Waals surface area contributed by atoms with Gasteiger partial charge in [-0.3, -0.25) is 4.72 Å². The van der Waals surface area contributed by atoms with Gasteiger partial charge >= 0.3 is 12.1 Å². The van der Waals surface area contributed by atoms with E-state index in [0.717, 1.165) is 24.4 Å². The number of hydrogen-bond donors (Lipinski definition) is 3. The van der Waals surface area contributed by atoms with Crippen molar-refractivity contribution in [1.29, 1.82) is 0 Å². The lowest BCUT2D eigenvalue weighted by atomic mass is 10.2. The highest BCUT2D eigenvalue weighted by Gasteiger charge is 2.33. The van der Waals surface area contributed by atoms with E-state index >= 15 is 0 Å². The molecule has 0 radical (unpaired) electrons. The normalized spacial score (nSPS) is 12.2. The lowest BCUT2D eigenvalue weighted by Gasteiger charge is -2.12. The van der Waals surface area contributed by atoms with Crippen LogP contribution in [0, 0.1) is 0 Å². The molecule has 0 spiro atoms. The van der Waals surface area contributed by atoms with Gasteiger partial charge in [-0.1, -0.05) is 15.9 Å². The summed E-state index contributed by atoms with van der Waals surface area (Å²) < 4.78 is 64.3. The van der Waals surface area contributed by atoms with Crippen LogP contribution >= 0.6 is 15.9 Å². The molecule has 0 aliphatic carbocycles. The Morgan fingerprint density at radius 1 is 1.26 bits per heavy atom. The van der Waals surface area contributed by atoms with Gasteiger partial charge in [0.2, 0.25) is 0 Å². The Hall–Kier alpha value is -2.01. The molecule has 1 aromatic heterocycles. The first-order valence-electron chi connectivity index (χ1n) is 5.82. The molecule has 0 saturated carbocycles. The monoisotopic (exact) mass is 412 g/mol. The second kappa shape index (κ2) is 5.89. The highest BCUT2D eigenvalue weighted by Crippen LogP contribution is 2.36. The second-order valence-corrected chi connectivity index (χ2v) is 6.89. The van der Waals surface area contributed by atoms with Crippen LogP contribution in [0.15, 0.2) is 39.8 Å². The van der Waals surface area contributed by atoms with Gasteiger partial charge in [-0.15, -0.1) is 0 Å². The summed E-state index contributed by atoms with van der Waals surface area (Å²) in [6.07, 6.45) is -3.74. The summed E-state index contributed by atoms with van der Waals surface area (Å²) in [4.78, 5) is 12.5. The largest absolute Gasteiger partial charge is 0.477 e. The smallest absolute Gasteiger partial charge is 0.417 e. The highest BCUT2D eigenvalue weighted by molar-refractivity contribution is 9.10. The summed E-state index contributed by atoms with van der Waals surface area (Å²) in [5.41, 5.74) is -1.71. The summed E-state index contributed by atoms with van der Waals surface area (Å²) in [6, 6.07) is 3.68. The molecule has 2 aromatic rings. The highest BCUT2D eigenvalue weighted by atomic mass is 79.9. The number of carboxylic acid groups (broad SMARTS) is 1. The molecule has 1 heterocycles. The molecule has 11 heteroatoms. The van der Waals surface area contributed by atoms with Gasteiger partial charge in [0, 0.05) is 16.4 Å². The number of halogens is 4. The predicted molar refractivity (Wildman–Crippen MR) is 77.7 cm³/mol. The number of nitrogens with one attached hydrogen (secondary N) is 2. The van der Waals surface area contributed by atoms with Crippen molar-refractivity contribution in [3.05, 3.63) is 46.2 Å². The molecule has 2 rings (SSSR count). The lowest BCUT2D eigenvalue weighted by Crippen LogP contribution is -2.14. The maximum absolute atomic E-state index is 12.8. The van der Waals surface area contributed by atoms with Gasteiger partial charge in [0.05, 0.1) is 5.56 Å². The van der Waals surface area contributed by atoms with Crippen molar-refractivity contribution in [2.45, 2.75) is 11.1 Å². The van der Waals surface area contributed by atoms with Crippen LogP contribution in [0.25, 0.3) is 0 Å². The number of aromatic nitrogens is 1. The van der Waals surface area contributed by atoms with Gasteiger partial charge in [-0.05, 0) is 24.3 Å². The number of H-pyrrole nitrogens is 1. The first kappa shape index (κ1) is 17.3. The molecule has 0 atom stereocenters. The third kappa shape index (κ3) is 3.85. The van der Waals surface area contributed by atoms with E-state index in [-0.39, 0.29) is 15.9 Å². The zero-order valence-corrected chi connectivity index (χ0v) is 13.4. The molecule has 23 heavy (non-hydrogen) atoms. The molecule has 0 bridgehead atoms. The Bertz CT molecular complexity index is 861. The van der Waals surface area contributed by atoms with Crippen molar-refractivity contribution < 1.29 is 31.5 Å². The van der Waals surface area contributed by atoms with Gasteiger partial charge in [0.15, 0.2) is 0 Å². The van der Waals surface area contributed by atoms with Gasteiger partial charge in [0.1, 0.15) is 10.6 Å². The van der Waals surface area contributed by atoms with Crippen LogP contribution in [0.1, 0.15) is 16.1 Å². The number of hydrogen-bond acceptors (Lipinski definition) is 3. The van der Waals surface area contributed by atoms with Gasteiger partial charge < -0.3 is 10.1 Å². The van der Waals surface area contributed by atoms with Crippen LogP contribution < -0.4 is 4.72 Å². The maximum Gasteiger partial charge on any atom is 0.417 e. The van der Waals surface area contributed by atoms with Crippen molar-refractivity contribution >= 4 is 37.6 Å². The van der Waals surface area contributed by atoms with Crippen LogP contribution in [0.4, 0.5) is 18.9 Å². The number of carboxylic acids is 1. The number of aromatic amines is 1. The summed E-state index contributed by atoms with van der Waals surface area (Å²) >= 11 is 2.74. The first-order chi connectivity index (χ1) is 10.5. The minimum Gasteiger partial charge on any atom is -0.477 e. The number of alkyl halides is 3. The first-order valence-corrected chi connectivity index (χ1v) is 8.09. The topological polar surface area (TPSA) is 99.3 Å². The van der Waals surface area contributed by atoms with Crippen LogP contribution in [-0.2, 0) is 16.2 Å². The minimum atomic E-state index is -4.66. The molecule has 124 valence electrons. The number of anilines is 1. The molecular weight excluding hydrogens is 405 g/mol. The van der Waals surface area contributed by atoms with Crippen LogP contribution in [0.2, 0.25) is 0 Å². The van der Waals surface area contributed by atoms with Crippen molar-refractivity contribution in [2.24, 2.45) is 0 Å². The fraction of sp³-hybridized carbons (Fsp3) is 0.0833. The molecule has 0 aliphatic rings. The Labute approximate surface area is 136 Å². The van der Waals surface area contributed by atoms with E-state index in [1.807, 2.05) is 4.72 Å². The predicted octanol–water partition coefficient (Wildman–Crippen LogP) is 3.30. The zero-order valence-electron chi connectivity index (χ0n) is 11.0. The molecule has 6 nitrogen and oxygen atoms in total. The van der Waals surface area contributed by atoms with Crippen molar-refractivity contribution in [3.63, 3.8) is 0 Å². The number of sulfonamides is 1. The molecule has 0 saturated heterocycles. The average Bonchev–Trinajstić information content (AvgIpc) is 2.90. The van der Waals surface area contributed by atoms with Crippen molar-refractivity contribution in [2.75, 3.05) is 4.72 Å². The third-order valence-electron chi connectivity index (χ3n) is 2.72. The van der Waals surface area contributed by atoms with Crippen LogP contribution in [-0.4, -0.2) is 24.5 Å². The number of carbonyl (C=O) groups is 1. The summed E-state index contributed by atoms with van der Waals surface area (Å²) in [5.74, 6) is -1.37. The van der Waals surface area contributed by atoms with E-state index in [2.05, 4.69) is 20.9 Å². The van der Waals surface area contributed by atoms with Gasteiger partial charge in [-0.25, -0.2) is 13.2 Å². The average molecular weight is 413 g/mol. The molecule has 0 aliphatic heterocycles. The quantitative estimate of drug-likeness (QED) is 0.717. The Morgan fingerprint density at radius 3 is 2.43 bits per heavy atom. The SMILES string of the molecule is O=C(O)c1cc(S(=O)(=O)Nc2ccc(Br)c(C(F)(F)F)c2)c[nH]1. The van der Waals surface area contributed by atoms with E-state index < -0.39 is 32.6 Å². The van der Waals surface area contributed by atoms with E-state index in [1.165, 1.54) is 0 Å². The Morgan fingerprint density at radius 2 is 1.91 bits per heavy atom. The minimum absolute atomic E-state index is 0.234. The van der Waals surface area contributed by atoms with Crippen molar-refractivity contribution in [3.8, 4) is 0 Å². The fourth-order valence-corrected chi connectivity index (χ4v) is 3.19. The molecule has 3 N–H and O–H groups in total. The molecule has 0 unspecified atom stereocenters. The Kier molecular flexibility index (Phi) is 4.44. The van der Waals surface area contributed by atoms with Crippen LogP contribution in [0.3, 0.4) is 0 Å². The number of benzene rings is 1. The zero-order chi connectivity index (χ0) is 17.4. The molecular formula is C12H8BrF3N2O4S. The van der Waals surface area contributed by atoms with Gasteiger partial charge in [0.25, 0.3) is 10.0 Å². The second-order valence-electron chi connectivity index (χ2n) is 4.35. The number of aromatic carboxylic acids is 1. The van der Waals surface area contributed by atoms with E-state index in [4.69, 9.17) is 5.11 Å². The van der Waals surface area contributed by atoms with E-state index in [0.29, 0.717) is 6.07 Å². The van der Waals surface area contributed by atoms with Gasteiger partial charge in [-0.2, -0.15) is 13.2 Å². The standard InChI is InChI=1S/C12H8BrF3N2O4S/c13-9-2-1-6(3-8(9)12(14,15)16)18-23(21,22)7-4-10(11(19)20)17-5-7/h1-5,17-18H,(H,19,20). The third-order valence-corrected chi connectivity index (χ3v) is 4.77. The van der Waals surface area contributed by atoms with E-state index in [9.17, 15) is 26.4 Å². The molecule has 0 fully saturated rings.